The Bertz CT molecular complexity index is 631. The maximum absolute atomic E-state index is 13.6. The summed E-state index contributed by atoms with van der Waals surface area (Å²) in [4.78, 5) is 10.7. The third-order valence-corrected chi connectivity index (χ3v) is 4.21. The number of carboxylic acid groups (broad SMARTS) is 1. The third-order valence-electron chi connectivity index (χ3n) is 2.69. The molecule has 1 aromatic rings. The number of rotatable bonds is 2. The van der Waals surface area contributed by atoms with E-state index < -0.39 is 27.5 Å². The number of halogens is 1. The lowest BCUT2D eigenvalue weighted by Crippen LogP contribution is -2.11. The zero-order chi connectivity index (χ0) is 12.8. The van der Waals surface area contributed by atoms with Gasteiger partial charge in [0, 0.05) is 11.0 Å². The molecule has 0 spiro atoms. The van der Waals surface area contributed by atoms with Gasteiger partial charge in [0.15, 0.2) is 0 Å². The Morgan fingerprint density at radius 2 is 2.06 bits per heavy atom. The monoisotopic (exact) mass is 256 g/mol. The minimum Gasteiger partial charge on any atom is -0.481 e. The number of aliphatic carboxylic acids is 1. The van der Waals surface area contributed by atoms with Crippen molar-refractivity contribution in [3.05, 3.63) is 35.0 Å². The summed E-state index contributed by atoms with van der Waals surface area (Å²) in [6.45, 7) is 1.32. The standard InChI is InChI=1S/C11H9FO4S/c1-6(11(13)14)7-5-17(15,16)9-4-2-3-8(12)10(7)9/h2-6H,1H3,(H,13,14). The molecule has 1 unspecified atom stereocenters. The summed E-state index contributed by atoms with van der Waals surface area (Å²) >= 11 is 0. The first-order valence-corrected chi connectivity index (χ1v) is 6.37. The molecule has 1 atom stereocenters. The highest BCUT2D eigenvalue weighted by Crippen LogP contribution is 2.39. The summed E-state index contributed by atoms with van der Waals surface area (Å²) in [5.41, 5.74) is -0.131. The highest BCUT2D eigenvalue weighted by Gasteiger charge is 2.34. The van der Waals surface area contributed by atoms with Crippen molar-refractivity contribution in [2.45, 2.75) is 11.8 Å². The number of hydrogen-bond donors (Lipinski definition) is 1. The van der Waals surface area contributed by atoms with E-state index in [1.807, 2.05) is 0 Å². The first-order valence-electron chi connectivity index (χ1n) is 4.83. The van der Waals surface area contributed by atoms with Gasteiger partial charge in [-0.2, -0.15) is 0 Å². The number of carbonyl (C=O) groups is 1. The molecule has 0 saturated heterocycles. The summed E-state index contributed by atoms with van der Waals surface area (Å²) in [5.74, 6) is -2.98. The van der Waals surface area contributed by atoms with Gasteiger partial charge in [-0.15, -0.1) is 0 Å². The molecule has 1 N–H and O–H groups in total. The van der Waals surface area contributed by atoms with Crippen molar-refractivity contribution in [3.63, 3.8) is 0 Å². The van der Waals surface area contributed by atoms with E-state index in [-0.39, 0.29) is 16.0 Å². The molecule has 0 saturated carbocycles. The summed E-state index contributed by atoms with van der Waals surface area (Å²) < 4.78 is 37.0. The highest BCUT2D eigenvalue weighted by atomic mass is 32.2. The van der Waals surface area contributed by atoms with Crippen LogP contribution in [0.4, 0.5) is 4.39 Å². The van der Waals surface area contributed by atoms with Crippen LogP contribution >= 0.6 is 0 Å². The van der Waals surface area contributed by atoms with E-state index in [0.717, 1.165) is 11.5 Å². The predicted molar refractivity (Wildman–Crippen MR) is 58.4 cm³/mol. The second-order valence-corrected chi connectivity index (χ2v) is 5.56. The topological polar surface area (TPSA) is 71.4 Å². The molecule has 17 heavy (non-hydrogen) atoms. The van der Waals surface area contributed by atoms with Gasteiger partial charge >= 0.3 is 5.97 Å². The first kappa shape index (κ1) is 11.8. The zero-order valence-electron chi connectivity index (χ0n) is 8.84. The largest absolute Gasteiger partial charge is 0.481 e. The Labute approximate surface area is 97.3 Å². The lowest BCUT2D eigenvalue weighted by Gasteiger charge is -2.09. The summed E-state index contributed by atoms with van der Waals surface area (Å²) in [5, 5.41) is 9.70. The Kier molecular flexibility index (Phi) is 2.54. The van der Waals surface area contributed by atoms with Gasteiger partial charge < -0.3 is 5.11 Å². The number of benzene rings is 1. The lowest BCUT2D eigenvalue weighted by atomic mass is 9.95. The molecule has 0 radical (unpaired) electrons. The van der Waals surface area contributed by atoms with Gasteiger partial charge in [0.1, 0.15) is 5.82 Å². The van der Waals surface area contributed by atoms with Crippen molar-refractivity contribution < 1.29 is 22.7 Å². The highest BCUT2D eigenvalue weighted by molar-refractivity contribution is 7.95. The van der Waals surface area contributed by atoms with Crippen molar-refractivity contribution in [1.29, 1.82) is 0 Å². The van der Waals surface area contributed by atoms with Crippen LogP contribution in [0.25, 0.3) is 5.57 Å². The number of fused-ring (bicyclic) bond motifs is 1. The molecular weight excluding hydrogens is 247 g/mol. The van der Waals surface area contributed by atoms with Crippen LogP contribution in [0.3, 0.4) is 0 Å². The van der Waals surface area contributed by atoms with Gasteiger partial charge in [-0.05, 0) is 24.6 Å². The van der Waals surface area contributed by atoms with E-state index in [9.17, 15) is 17.6 Å². The van der Waals surface area contributed by atoms with Crippen LogP contribution in [0, 0.1) is 11.7 Å². The second-order valence-electron chi connectivity index (χ2n) is 3.79. The summed E-state index contributed by atoms with van der Waals surface area (Å²) in [6, 6.07) is 3.67. The first-order chi connectivity index (χ1) is 7.84. The van der Waals surface area contributed by atoms with Crippen LogP contribution < -0.4 is 0 Å². The molecule has 0 aliphatic carbocycles. The van der Waals surface area contributed by atoms with Gasteiger partial charge in [-0.1, -0.05) is 6.07 Å². The van der Waals surface area contributed by atoms with Crippen molar-refractivity contribution in [3.8, 4) is 0 Å². The van der Waals surface area contributed by atoms with Crippen LogP contribution in [0.15, 0.2) is 28.5 Å². The SMILES string of the molecule is CC(C(=O)O)C1=CS(=O)(=O)c2cccc(F)c21. The molecule has 0 aromatic heterocycles. The molecule has 0 bridgehead atoms. The van der Waals surface area contributed by atoms with E-state index in [0.29, 0.717) is 0 Å². The van der Waals surface area contributed by atoms with E-state index in [2.05, 4.69) is 0 Å². The van der Waals surface area contributed by atoms with Crippen LogP contribution in [0.1, 0.15) is 12.5 Å². The Balaban J connectivity index is 2.72. The van der Waals surface area contributed by atoms with Crippen molar-refractivity contribution >= 4 is 21.4 Å². The molecule has 2 rings (SSSR count). The predicted octanol–water partition coefficient (Wildman–Crippen LogP) is 1.67. The molecule has 4 nitrogen and oxygen atoms in total. The summed E-state index contributed by atoms with van der Waals surface area (Å²) in [6.07, 6.45) is 0. The fourth-order valence-electron chi connectivity index (χ4n) is 1.76. The summed E-state index contributed by atoms with van der Waals surface area (Å²) in [7, 11) is -3.72. The fraction of sp³-hybridized carbons (Fsp3) is 0.182. The Hall–Kier alpha value is -1.69. The molecular formula is C11H9FO4S. The van der Waals surface area contributed by atoms with E-state index in [1.54, 1.807) is 0 Å². The second kappa shape index (κ2) is 3.66. The smallest absolute Gasteiger partial charge is 0.310 e. The minimum absolute atomic E-state index is 0.00870. The average Bonchev–Trinajstić information content (AvgIpc) is 2.51. The van der Waals surface area contributed by atoms with Gasteiger partial charge in [-0.25, -0.2) is 12.8 Å². The van der Waals surface area contributed by atoms with E-state index >= 15 is 0 Å². The zero-order valence-corrected chi connectivity index (χ0v) is 9.66. The van der Waals surface area contributed by atoms with Gasteiger partial charge in [-0.3, -0.25) is 4.79 Å². The Morgan fingerprint density at radius 1 is 1.41 bits per heavy atom. The molecule has 6 heteroatoms. The van der Waals surface area contributed by atoms with Crippen LogP contribution in [0.5, 0.6) is 0 Å². The number of carboxylic acids is 1. The fourth-order valence-corrected chi connectivity index (χ4v) is 3.31. The van der Waals surface area contributed by atoms with Gasteiger partial charge in [0.2, 0.25) is 9.84 Å². The normalized spacial score (nSPS) is 18.4. The van der Waals surface area contributed by atoms with Crippen molar-refractivity contribution in [2.24, 2.45) is 5.92 Å². The third kappa shape index (κ3) is 1.74. The average molecular weight is 256 g/mol. The molecule has 1 heterocycles. The van der Waals surface area contributed by atoms with Crippen LogP contribution in [-0.2, 0) is 14.6 Å². The van der Waals surface area contributed by atoms with E-state index in [4.69, 9.17) is 5.11 Å². The molecule has 1 aliphatic heterocycles. The van der Waals surface area contributed by atoms with Crippen molar-refractivity contribution in [2.75, 3.05) is 0 Å². The Morgan fingerprint density at radius 3 is 2.65 bits per heavy atom. The van der Waals surface area contributed by atoms with Crippen LogP contribution in [-0.4, -0.2) is 19.5 Å². The molecule has 0 fully saturated rings. The maximum Gasteiger partial charge on any atom is 0.310 e. The molecule has 1 aliphatic rings. The molecule has 1 aromatic carbocycles. The number of sulfone groups is 1. The van der Waals surface area contributed by atoms with Crippen molar-refractivity contribution in [1.82, 2.24) is 0 Å². The molecule has 0 amide bonds. The number of hydrogen-bond acceptors (Lipinski definition) is 3. The van der Waals surface area contributed by atoms with Gasteiger partial charge in [0.05, 0.1) is 10.8 Å². The van der Waals surface area contributed by atoms with Gasteiger partial charge in [0.25, 0.3) is 0 Å². The maximum atomic E-state index is 13.6. The quantitative estimate of drug-likeness (QED) is 0.873. The molecule has 90 valence electrons. The lowest BCUT2D eigenvalue weighted by molar-refractivity contribution is -0.139. The van der Waals surface area contributed by atoms with E-state index in [1.165, 1.54) is 19.1 Å². The minimum atomic E-state index is -3.72. The van der Waals surface area contributed by atoms with Crippen LogP contribution in [0.2, 0.25) is 0 Å².